The SMILES string of the molecule is CCCCCCCC/C=C\C/C=C\C/C=C\CCCC(=O)OC[C@H](COC(=O)CCCCCCCCCCCCCC)OC(=O)CCCCCCCCCCCCC/C=C\CCCCCCCC. The molecular weight excluding hydrogens is 841 g/mol. The summed E-state index contributed by atoms with van der Waals surface area (Å²) in [7, 11) is 0. The van der Waals surface area contributed by atoms with Gasteiger partial charge in [-0.2, -0.15) is 0 Å². The Morgan fingerprint density at radius 1 is 0.294 bits per heavy atom. The largest absolute Gasteiger partial charge is 0.462 e. The zero-order valence-electron chi connectivity index (χ0n) is 45.4. The van der Waals surface area contributed by atoms with Crippen LogP contribution in [0.4, 0.5) is 0 Å². The van der Waals surface area contributed by atoms with E-state index in [1.165, 1.54) is 205 Å². The molecule has 0 saturated heterocycles. The van der Waals surface area contributed by atoms with Crippen molar-refractivity contribution in [2.45, 2.75) is 316 Å². The zero-order valence-corrected chi connectivity index (χ0v) is 45.4. The molecule has 396 valence electrons. The fraction of sp³-hybridized carbons (Fsp3) is 0.823. The van der Waals surface area contributed by atoms with Crippen LogP contribution in [0.5, 0.6) is 0 Å². The molecule has 0 spiro atoms. The monoisotopic (exact) mass is 953 g/mol. The summed E-state index contributed by atoms with van der Waals surface area (Å²) in [6.45, 7) is 6.62. The molecule has 6 heteroatoms. The number of carbonyl (C=O) groups excluding carboxylic acids is 3. The van der Waals surface area contributed by atoms with Gasteiger partial charge >= 0.3 is 17.9 Å². The van der Waals surface area contributed by atoms with Gasteiger partial charge in [-0.05, 0) is 77.0 Å². The highest BCUT2D eigenvalue weighted by Crippen LogP contribution is 2.16. The van der Waals surface area contributed by atoms with Crippen molar-refractivity contribution in [3.8, 4) is 0 Å². The molecular formula is C62H112O6. The summed E-state index contributed by atoms with van der Waals surface area (Å²) in [6, 6.07) is 0. The maximum absolute atomic E-state index is 12.9. The summed E-state index contributed by atoms with van der Waals surface area (Å²) < 4.78 is 16.8. The van der Waals surface area contributed by atoms with E-state index in [9.17, 15) is 14.4 Å². The second-order valence-electron chi connectivity index (χ2n) is 19.9. The lowest BCUT2D eigenvalue weighted by Crippen LogP contribution is -2.30. The molecule has 0 radical (unpaired) electrons. The molecule has 0 rings (SSSR count). The van der Waals surface area contributed by atoms with Crippen LogP contribution in [-0.2, 0) is 28.6 Å². The molecule has 0 unspecified atom stereocenters. The number of ether oxygens (including phenoxy) is 3. The molecule has 0 aromatic heterocycles. The van der Waals surface area contributed by atoms with E-state index in [0.717, 1.165) is 57.8 Å². The van der Waals surface area contributed by atoms with Crippen LogP contribution in [0.1, 0.15) is 310 Å². The van der Waals surface area contributed by atoms with Crippen molar-refractivity contribution in [2.75, 3.05) is 13.2 Å². The van der Waals surface area contributed by atoms with Gasteiger partial charge in [0.2, 0.25) is 0 Å². The topological polar surface area (TPSA) is 78.9 Å². The Labute approximate surface area is 422 Å². The Kier molecular flexibility index (Phi) is 54.8. The van der Waals surface area contributed by atoms with Crippen LogP contribution in [-0.4, -0.2) is 37.2 Å². The van der Waals surface area contributed by atoms with E-state index in [4.69, 9.17) is 14.2 Å². The lowest BCUT2D eigenvalue weighted by molar-refractivity contribution is -0.167. The number of carbonyl (C=O) groups is 3. The molecule has 0 aliphatic rings. The third kappa shape index (κ3) is 54.3. The van der Waals surface area contributed by atoms with Crippen LogP contribution >= 0.6 is 0 Å². The third-order valence-electron chi connectivity index (χ3n) is 13.1. The van der Waals surface area contributed by atoms with E-state index in [0.29, 0.717) is 25.7 Å². The maximum atomic E-state index is 12.9. The van der Waals surface area contributed by atoms with Gasteiger partial charge in [0.05, 0.1) is 0 Å². The summed E-state index contributed by atoms with van der Waals surface area (Å²) in [6.07, 6.45) is 69.7. The quantitative estimate of drug-likeness (QED) is 0.0262. The van der Waals surface area contributed by atoms with E-state index >= 15 is 0 Å². The second-order valence-corrected chi connectivity index (χ2v) is 19.9. The number of hydrogen-bond donors (Lipinski definition) is 0. The van der Waals surface area contributed by atoms with Crippen molar-refractivity contribution in [2.24, 2.45) is 0 Å². The summed E-state index contributed by atoms with van der Waals surface area (Å²) in [5.41, 5.74) is 0. The fourth-order valence-electron chi connectivity index (χ4n) is 8.57. The van der Waals surface area contributed by atoms with E-state index in [-0.39, 0.29) is 31.1 Å². The molecule has 0 aromatic carbocycles. The Morgan fingerprint density at radius 3 is 0.897 bits per heavy atom. The van der Waals surface area contributed by atoms with Crippen molar-refractivity contribution in [1.29, 1.82) is 0 Å². The Balaban J connectivity index is 4.37. The zero-order chi connectivity index (χ0) is 49.3. The van der Waals surface area contributed by atoms with Crippen LogP contribution in [0.15, 0.2) is 48.6 Å². The summed E-state index contributed by atoms with van der Waals surface area (Å²) in [4.78, 5) is 38.1. The molecule has 0 N–H and O–H groups in total. The average molecular weight is 954 g/mol. The first-order valence-corrected chi connectivity index (χ1v) is 29.6. The maximum Gasteiger partial charge on any atom is 0.306 e. The molecule has 0 bridgehead atoms. The van der Waals surface area contributed by atoms with Crippen molar-refractivity contribution in [3.63, 3.8) is 0 Å². The van der Waals surface area contributed by atoms with E-state index in [2.05, 4.69) is 69.4 Å². The summed E-state index contributed by atoms with van der Waals surface area (Å²) in [5, 5.41) is 0. The summed E-state index contributed by atoms with van der Waals surface area (Å²) in [5.74, 6) is -0.927. The average Bonchev–Trinajstić information content (AvgIpc) is 3.34. The van der Waals surface area contributed by atoms with E-state index in [1.807, 2.05) is 0 Å². The highest BCUT2D eigenvalue weighted by atomic mass is 16.6. The molecule has 0 aliphatic heterocycles. The minimum Gasteiger partial charge on any atom is -0.462 e. The van der Waals surface area contributed by atoms with Gasteiger partial charge in [0.25, 0.3) is 0 Å². The van der Waals surface area contributed by atoms with Crippen molar-refractivity contribution >= 4 is 17.9 Å². The van der Waals surface area contributed by atoms with E-state index in [1.54, 1.807) is 0 Å². The molecule has 0 aliphatic carbocycles. The first-order valence-electron chi connectivity index (χ1n) is 29.6. The highest BCUT2D eigenvalue weighted by Gasteiger charge is 2.19. The number of hydrogen-bond acceptors (Lipinski definition) is 6. The Hall–Kier alpha value is -2.63. The molecule has 0 fully saturated rings. The van der Waals surface area contributed by atoms with Gasteiger partial charge in [-0.3, -0.25) is 14.4 Å². The predicted octanol–water partition coefficient (Wildman–Crippen LogP) is 19.8. The number of rotatable bonds is 54. The summed E-state index contributed by atoms with van der Waals surface area (Å²) >= 11 is 0. The van der Waals surface area contributed by atoms with Gasteiger partial charge < -0.3 is 14.2 Å². The second kappa shape index (κ2) is 57.0. The van der Waals surface area contributed by atoms with Crippen LogP contribution < -0.4 is 0 Å². The first-order chi connectivity index (χ1) is 33.5. The Morgan fingerprint density at radius 2 is 0.544 bits per heavy atom. The highest BCUT2D eigenvalue weighted by molar-refractivity contribution is 5.71. The smallest absolute Gasteiger partial charge is 0.306 e. The van der Waals surface area contributed by atoms with Gasteiger partial charge in [-0.15, -0.1) is 0 Å². The van der Waals surface area contributed by atoms with Crippen molar-refractivity contribution < 1.29 is 28.6 Å². The molecule has 0 aromatic rings. The van der Waals surface area contributed by atoms with Gasteiger partial charge in [0.1, 0.15) is 13.2 Å². The Bertz CT molecular complexity index is 1190. The number of unbranched alkanes of at least 4 members (excludes halogenated alkanes) is 35. The molecule has 0 saturated carbocycles. The first kappa shape index (κ1) is 65.4. The molecule has 0 heterocycles. The lowest BCUT2D eigenvalue weighted by atomic mass is 10.0. The predicted molar refractivity (Wildman–Crippen MR) is 293 cm³/mol. The van der Waals surface area contributed by atoms with Crippen molar-refractivity contribution in [3.05, 3.63) is 48.6 Å². The van der Waals surface area contributed by atoms with Crippen LogP contribution in [0.25, 0.3) is 0 Å². The molecule has 68 heavy (non-hydrogen) atoms. The normalized spacial score (nSPS) is 12.3. The lowest BCUT2D eigenvalue weighted by Gasteiger charge is -2.18. The van der Waals surface area contributed by atoms with E-state index < -0.39 is 6.10 Å². The van der Waals surface area contributed by atoms with Gasteiger partial charge in [-0.1, -0.05) is 262 Å². The minimum atomic E-state index is -0.791. The van der Waals surface area contributed by atoms with Gasteiger partial charge in [0.15, 0.2) is 6.10 Å². The standard InChI is InChI=1S/C62H112O6/c1-4-7-10-13-16-19-22-25-27-29-30-31-32-34-36-38-41-44-47-50-53-56-62(65)68-59(57-66-60(63)54-51-48-45-42-39-24-21-18-15-12-9-6-3)58-67-61(64)55-52-49-46-43-40-37-35-33-28-26-23-20-17-14-11-8-5-2/h25-28,35,37,43,46,59H,4-24,29-34,36,38-42,44-45,47-58H2,1-3H3/b27-25-,28-26-,37-35-,46-43-/t59-/m0/s1. The third-order valence-corrected chi connectivity index (χ3v) is 13.1. The van der Waals surface area contributed by atoms with Crippen LogP contribution in [0.2, 0.25) is 0 Å². The molecule has 6 nitrogen and oxygen atoms in total. The number of allylic oxidation sites excluding steroid dienone is 8. The van der Waals surface area contributed by atoms with Crippen molar-refractivity contribution in [1.82, 2.24) is 0 Å². The van der Waals surface area contributed by atoms with Gasteiger partial charge in [-0.25, -0.2) is 0 Å². The fourth-order valence-corrected chi connectivity index (χ4v) is 8.57. The molecule has 0 amide bonds. The van der Waals surface area contributed by atoms with Crippen LogP contribution in [0.3, 0.4) is 0 Å². The number of esters is 3. The van der Waals surface area contributed by atoms with Gasteiger partial charge in [0, 0.05) is 19.3 Å². The van der Waals surface area contributed by atoms with Crippen LogP contribution in [0, 0.1) is 0 Å². The minimum absolute atomic E-state index is 0.0857. The molecule has 1 atom stereocenters.